The molecule has 2 heterocycles. The van der Waals surface area contributed by atoms with Crippen LogP contribution in [0.15, 0.2) is 74.7 Å². The van der Waals surface area contributed by atoms with Gasteiger partial charge in [-0.25, -0.2) is 0 Å². The number of thioether (sulfide) groups is 1. The summed E-state index contributed by atoms with van der Waals surface area (Å²) in [6.07, 6.45) is 1.01. The first-order chi connectivity index (χ1) is 13.7. The van der Waals surface area contributed by atoms with Gasteiger partial charge in [0.1, 0.15) is 5.03 Å². The normalized spacial score (nSPS) is 10.9. The van der Waals surface area contributed by atoms with E-state index in [4.69, 9.17) is 4.52 Å². The van der Waals surface area contributed by atoms with Crippen molar-refractivity contribution in [2.24, 2.45) is 0 Å². The monoisotopic (exact) mass is 452 g/mol. The zero-order valence-corrected chi connectivity index (χ0v) is 17.6. The van der Waals surface area contributed by atoms with E-state index >= 15 is 0 Å². The Labute approximate surface area is 175 Å². The first-order valence-electron chi connectivity index (χ1n) is 8.85. The molecule has 28 heavy (non-hydrogen) atoms. The minimum Gasteiger partial charge on any atom is -0.338 e. The molecule has 4 rings (SSSR count). The molecule has 0 amide bonds. The Kier molecular flexibility index (Phi) is 5.83. The maximum absolute atomic E-state index is 5.37. The largest absolute Gasteiger partial charge is 0.338 e. The fourth-order valence-corrected chi connectivity index (χ4v) is 3.71. The second-order valence-electron chi connectivity index (χ2n) is 6.12. The van der Waals surface area contributed by atoms with Crippen molar-refractivity contribution in [2.45, 2.75) is 24.1 Å². The van der Waals surface area contributed by atoms with E-state index in [-0.39, 0.29) is 0 Å². The predicted molar refractivity (Wildman–Crippen MR) is 114 cm³/mol. The van der Waals surface area contributed by atoms with Gasteiger partial charge in [0.15, 0.2) is 0 Å². The Morgan fingerprint density at radius 1 is 0.964 bits per heavy atom. The summed E-state index contributed by atoms with van der Waals surface area (Å²) in [6.45, 7) is 2.13. The molecule has 2 aromatic heterocycles. The standard InChI is InChI=1S/C21H17BrN4OS/c1-2-14-6-8-15(9-7-14)21-23-19(27-26-21)13-28-20-11-10-18(24-25-20)16-4-3-5-17(22)12-16/h3-12H,2,13H2,1H3. The molecule has 0 aliphatic carbocycles. The van der Waals surface area contributed by atoms with Crippen LogP contribution in [0.4, 0.5) is 0 Å². The molecule has 0 saturated heterocycles. The Hall–Kier alpha value is -2.51. The van der Waals surface area contributed by atoms with Crippen LogP contribution in [-0.4, -0.2) is 20.3 Å². The molecule has 0 aliphatic rings. The van der Waals surface area contributed by atoms with E-state index < -0.39 is 0 Å². The van der Waals surface area contributed by atoms with Crippen LogP contribution in [0.25, 0.3) is 22.6 Å². The van der Waals surface area contributed by atoms with Crippen molar-refractivity contribution in [1.29, 1.82) is 0 Å². The van der Waals surface area contributed by atoms with Crippen LogP contribution in [0.5, 0.6) is 0 Å². The second-order valence-corrected chi connectivity index (χ2v) is 8.03. The lowest BCUT2D eigenvalue weighted by Gasteiger charge is -2.02. The van der Waals surface area contributed by atoms with Gasteiger partial charge in [0.25, 0.3) is 0 Å². The van der Waals surface area contributed by atoms with Crippen molar-refractivity contribution in [3.8, 4) is 22.6 Å². The maximum atomic E-state index is 5.37. The Balaban J connectivity index is 1.40. The molecule has 0 atom stereocenters. The molecule has 0 bridgehead atoms. The first-order valence-corrected chi connectivity index (χ1v) is 10.6. The van der Waals surface area contributed by atoms with Gasteiger partial charge in [-0.05, 0) is 36.2 Å². The highest BCUT2D eigenvalue weighted by Gasteiger charge is 2.10. The number of aryl methyl sites for hydroxylation is 1. The third-order valence-corrected chi connectivity index (χ3v) is 5.59. The summed E-state index contributed by atoms with van der Waals surface area (Å²) >= 11 is 4.99. The average molecular weight is 453 g/mol. The maximum Gasteiger partial charge on any atom is 0.237 e. The van der Waals surface area contributed by atoms with Crippen LogP contribution in [-0.2, 0) is 12.2 Å². The van der Waals surface area contributed by atoms with Crippen molar-refractivity contribution in [2.75, 3.05) is 0 Å². The molecule has 7 heteroatoms. The highest BCUT2D eigenvalue weighted by atomic mass is 79.9. The van der Waals surface area contributed by atoms with Gasteiger partial charge >= 0.3 is 0 Å². The zero-order chi connectivity index (χ0) is 19.3. The second kappa shape index (κ2) is 8.67. The van der Waals surface area contributed by atoms with Gasteiger partial charge in [0.2, 0.25) is 11.7 Å². The number of benzene rings is 2. The van der Waals surface area contributed by atoms with Gasteiger partial charge < -0.3 is 4.52 Å². The molecule has 5 nitrogen and oxygen atoms in total. The molecule has 2 aromatic carbocycles. The van der Waals surface area contributed by atoms with Crippen molar-refractivity contribution in [3.05, 3.63) is 76.6 Å². The van der Waals surface area contributed by atoms with Crippen LogP contribution < -0.4 is 0 Å². The van der Waals surface area contributed by atoms with Crippen molar-refractivity contribution in [3.63, 3.8) is 0 Å². The Morgan fingerprint density at radius 3 is 2.54 bits per heavy atom. The van der Waals surface area contributed by atoms with E-state index in [1.165, 1.54) is 17.3 Å². The van der Waals surface area contributed by atoms with Gasteiger partial charge in [0.05, 0.1) is 11.4 Å². The Morgan fingerprint density at radius 2 is 1.82 bits per heavy atom. The van der Waals surface area contributed by atoms with Gasteiger partial charge in [0, 0.05) is 15.6 Å². The van der Waals surface area contributed by atoms with Crippen molar-refractivity contribution < 1.29 is 4.52 Å². The number of hydrogen-bond acceptors (Lipinski definition) is 6. The minimum absolute atomic E-state index is 0.547. The zero-order valence-electron chi connectivity index (χ0n) is 15.2. The summed E-state index contributed by atoms with van der Waals surface area (Å²) in [7, 11) is 0. The third-order valence-electron chi connectivity index (χ3n) is 4.19. The number of nitrogens with zero attached hydrogens (tertiary/aromatic N) is 4. The van der Waals surface area contributed by atoms with E-state index in [1.54, 1.807) is 0 Å². The van der Waals surface area contributed by atoms with E-state index in [0.717, 1.165) is 32.7 Å². The summed E-state index contributed by atoms with van der Waals surface area (Å²) in [5, 5.41) is 13.5. The molecule has 0 fully saturated rings. The quantitative estimate of drug-likeness (QED) is 0.343. The highest BCUT2D eigenvalue weighted by Crippen LogP contribution is 2.25. The van der Waals surface area contributed by atoms with Gasteiger partial charge in [-0.2, -0.15) is 4.98 Å². The summed E-state index contributed by atoms with van der Waals surface area (Å²) in [5.41, 5.74) is 4.10. The van der Waals surface area contributed by atoms with Gasteiger partial charge in [-0.15, -0.1) is 10.2 Å². The minimum atomic E-state index is 0.547. The van der Waals surface area contributed by atoms with Gasteiger partial charge in [-0.1, -0.05) is 76.2 Å². The molecular formula is C21H17BrN4OS. The number of aromatic nitrogens is 4. The topological polar surface area (TPSA) is 64.7 Å². The van der Waals surface area contributed by atoms with E-state index in [9.17, 15) is 0 Å². The van der Waals surface area contributed by atoms with Crippen LogP contribution in [0.3, 0.4) is 0 Å². The lowest BCUT2D eigenvalue weighted by atomic mass is 10.1. The van der Waals surface area contributed by atoms with Crippen LogP contribution in [0.2, 0.25) is 0 Å². The predicted octanol–water partition coefficient (Wildman–Crippen LogP) is 5.81. The number of rotatable bonds is 6. The number of halogens is 1. The van der Waals surface area contributed by atoms with Gasteiger partial charge in [-0.3, -0.25) is 0 Å². The molecule has 0 aliphatic heterocycles. The molecule has 0 radical (unpaired) electrons. The molecule has 0 spiro atoms. The van der Waals surface area contributed by atoms with Crippen LogP contribution >= 0.6 is 27.7 Å². The van der Waals surface area contributed by atoms with E-state index in [0.29, 0.717) is 17.5 Å². The first kappa shape index (κ1) is 18.8. The molecule has 140 valence electrons. The van der Waals surface area contributed by atoms with E-state index in [1.807, 2.05) is 48.5 Å². The molecular weight excluding hydrogens is 436 g/mol. The fraction of sp³-hybridized carbons (Fsp3) is 0.143. The van der Waals surface area contributed by atoms with Crippen LogP contribution in [0, 0.1) is 0 Å². The Bertz CT molecular complexity index is 1060. The lowest BCUT2D eigenvalue weighted by Crippen LogP contribution is -1.90. The lowest BCUT2D eigenvalue weighted by molar-refractivity contribution is 0.391. The van der Waals surface area contributed by atoms with E-state index in [2.05, 4.69) is 55.3 Å². The summed E-state index contributed by atoms with van der Waals surface area (Å²) in [5.74, 6) is 1.72. The van der Waals surface area contributed by atoms with Crippen molar-refractivity contribution in [1.82, 2.24) is 20.3 Å². The smallest absolute Gasteiger partial charge is 0.237 e. The molecule has 4 aromatic rings. The molecule has 0 saturated carbocycles. The number of hydrogen-bond donors (Lipinski definition) is 0. The molecule has 0 N–H and O–H groups in total. The highest BCUT2D eigenvalue weighted by molar-refractivity contribution is 9.10. The summed E-state index contributed by atoms with van der Waals surface area (Å²) in [4.78, 5) is 4.47. The third kappa shape index (κ3) is 4.48. The SMILES string of the molecule is CCc1ccc(-c2noc(CSc3ccc(-c4cccc(Br)c4)nn3)n2)cc1. The fourth-order valence-electron chi connectivity index (χ4n) is 2.65. The van der Waals surface area contributed by atoms with Crippen LogP contribution in [0.1, 0.15) is 18.4 Å². The van der Waals surface area contributed by atoms with Crippen molar-refractivity contribution >= 4 is 27.7 Å². The molecule has 0 unspecified atom stereocenters. The average Bonchev–Trinajstić information content (AvgIpc) is 3.22. The summed E-state index contributed by atoms with van der Waals surface area (Å²) < 4.78 is 6.38. The summed E-state index contributed by atoms with van der Waals surface area (Å²) in [6, 6.07) is 20.1.